The Balaban J connectivity index is 1.82. The molecule has 1 fully saturated rings. The third kappa shape index (κ3) is 3.10. The molecule has 0 unspecified atom stereocenters. The first-order valence-electron chi connectivity index (χ1n) is 10.9. The Labute approximate surface area is 203 Å². The molecule has 0 amide bonds. The van der Waals surface area contributed by atoms with Gasteiger partial charge in [0.05, 0.1) is 25.3 Å². The number of carbonyl (C=O) groups excluding carboxylic acids is 1. The normalized spacial score (nSPS) is 21.6. The van der Waals surface area contributed by atoms with E-state index in [1.165, 1.54) is 0 Å². The second kappa shape index (κ2) is 8.37. The lowest BCUT2D eigenvalue weighted by Crippen LogP contribution is -2.44. The first kappa shape index (κ1) is 21.8. The van der Waals surface area contributed by atoms with Crippen molar-refractivity contribution in [3.8, 4) is 17.9 Å². The largest absolute Gasteiger partial charge is 0.496 e. The van der Waals surface area contributed by atoms with Crippen LogP contribution in [0.4, 0.5) is 5.69 Å². The Morgan fingerprint density at radius 2 is 1.74 bits per heavy atom. The van der Waals surface area contributed by atoms with Crippen molar-refractivity contribution in [1.29, 1.82) is 10.5 Å². The zero-order valence-electron chi connectivity index (χ0n) is 18.4. The summed E-state index contributed by atoms with van der Waals surface area (Å²) in [5.74, 6) is -0.388. The number of nitrogens with zero attached hydrogens (tertiary/aromatic N) is 3. The predicted molar refractivity (Wildman–Crippen MR) is 131 cm³/mol. The van der Waals surface area contributed by atoms with Gasteiger partial charge >= 0.3 is 0 Å². The third-order valence-electron chi connectivity index (χ3n) is 6.77. The second-order valence-electron chi connectivity index (χ2n) is 8.40. The van der Waals surface area contributed by atoms with Crippen molar-refractivity contribution in [2.24, 2.45) is 5.41 Å². The van der Waals surface area contributed by atoms with Gasteiger partial charge in [-0.3, -0.25) is 4.79 Å². The smallest absolute Gasteiger partial charge is 0.185 e. The van der Waals surface area contributed by atoms with E-state index in [1.54, 1.807) is 31.4 Å². The number of nitriles is 2. The second-order valence-corrected chi connectivity index (χ2v) is 8.84. The fourth-order valence-corrected chi connectivity index (χ4v) is 5.49. The maximum Gasteiger partial charge on any atom is 0.185 e. The standard InChI is InChI=1S/C28H20ClN3O2/c1-34-23-10-6-5-9-21(23)25-26(27(33)18-7-3-2-4-8-18)32-22-13-12-20(29)15-19(22)11-14-24(32)28(25,16-30)17-31/h2-15,24-26H,1H3/t24-,25+,26+/m0/s1. The van der Waals surface area contributed by atoms with Gasteiger partial charge < -0.3 is 9.64 Å². The van der Waals surface area contributed by atoms with Crippen molar-refractivity contribution >= 4 is 29.1 Å². The zero-order valence-corrected chi connectivity index (χ0v) is 19.1. The number of hydrogen-bond donors (Lipinski definition) is 0. The van der Waals surface area contributed by atoms with Gasteiger partial charge in [0.1, 0.15) is 11.8 Å². The van der Waals surface area contributed by atoms with Crippen LogP contribution in [-0.2, 0) is 0 Å². The molecule has 166 valence electrons. The Kier molecular flexibility index (Phi) is 5.36. The van der Waals surface area contributed by atoms with Gasteiger partial charge in [0.25, 0.3) is 0 Å². The lowest BCUT2D eigenvalue weighted by molar-refractivity contribution is 0.0950. The lowest BCUT2D eigenvalue weighted by Gasteiger charge is -2.35. The molecule has 0 bridgehead atoms. The van der Waals surface area contributed by atoms with Gasteiger partial charge in [0.2, 0.25) is 0 Å². The fraction of sp³-hybridized carbons (Fsp3) is 0.179. The van der Waals surface area contributed by atoms with Crippen molar-refractivity contribution in [3.05, 3.63) is 101 Å². The van der Waals surface area contributed by atoms with Gasteiger partial charge in [-0.15, -0.1) is 0 Å². The molecule has 2 aliphatic rings. The van der Waals surface area contributed by atoms with Gasteiger partial charge in [0, 0.05) is 27.8 Å². The summed E-state index contributed by atoms with van der Waals surface area (Å²) in [7, 11) is 1.55. The van der Waals surface area contributed by atoms with Crippen LogP contribution in [0.2, 0.25) is 5.02 Å². The molecule has 0 aliphatic carbocycles. The lowest BCUT2D eigenvalue weighted by atomic mass is 9.69. The monoisotopic (exact) mass is 465 g/mol. The van der Waals surface area contributed by atoms with Gasteiger partial charge in [0.15, 0.2) is 11.2 Å². The Morgan fingerprint density at radius 3 is 2.44 bits per heavy atom. The highest BCUT2D eigenvalue weighted by molar-refractivity contribution is 6.30. The molecule has 34 heavy (non-hydrogen) atoms. The van der Waals surface area contributed by atoms with E-state index in [4.69, 9.17) is 16.3 Å². The summed E-state index contributed by atoms with van der Waals surface area (Å²) >= 11 is 6.25. The number of fused-ring (bicyclic) bond motifs is 3. The highest BCUT2D eigenvalue weighted by atomic mass is 35.5. The SMILES string of the molecule is COc1ccccc1[C@@H]1[C@H](C(=O)c2ccccc2)N2c3ccc(Cl)cc3C=C[C@H]2C1(C#N)C#N. The number of halogens is 1. The molecule has 6 heteroatoms. The third-order valence-corrected chi connectivity index (χ3v) is 7.00. The Bertz CT molecular complexity index is 1370. The van der Waals surface area contributed by atoms with Crippen LogP contribution in [0, 0.1) is 28.1 Å². The molecule has 0 saturated carbocycles. The van der Waals surface area contributed by atoms with Gasteiger partial charge in [-0.2, -0.15) is 10.5 Å². The van der Waals surface area contributed by atoms with Gasteiger partial charge in [-0.1, -0.05) is 72.3 Å². The average molecular weight is 466 g/mol. The minimum atomic E-state index is -1.53. The molecular formula is C28H20ClN3O2. The fourth-order valence-electron chi connectivity index (χ4n) is 5.30. The maximum atomic E-state index is 14.1. The maximum absolute atomic E-state index is 14.1. The number of methoxy groups -OCH3 is 1. The topological polar surface area (TPSA) is 77.1 Å². The molecule has 0 aromatic heterocycles. The summed E-state index contributed by atoms with van der Waals surface area (Å²) in [6.07, 6.45) is 3.71. The molecule has 1 saturated heterocycles. The summed E-state index contributed by atoms with van der Waals surface area (Å²) in [6.45, 7) is 0. The number of carbonyl (C=O) groups is 1. The molecule has 0 N–H and O–H groups in total. The summed E-state index contributed by atoms with van der Waals surface area (Å²) in [5, 5.41) is 21.6. The summed E-state index contributed by atoms with van der Waals surface area (Å²) < 4.78 is 5.63. The van der Waals surface area contributed by atoms with E-state index in [1.807, 2.05) is 65.6 Å². The van der Waals surface area contributed by atoms with Crippen LogP contribution in [0.25, 0.3) is 6.08 Å². The molecule has 5 nitrogen and oxygen atoms in total. The summed E-state index contributed by atoms with van der Waals surface area (Å²) in [4.78, 5) is 16.1. The number of rotatable bonds is 4. The molecule has 3 atom stereocenters. The highest BCUT2D eigenvalue weighted by Gasteiger charge is 2.63. The molecule has 0 spiro atoms. The molecule has 3 aromatic rings. The van der Waals surface area contributed by atoms with Crippen LogP contribution in [0.5, 0.6) is 5.75 Å². The van der Waals surface area contributed by atoms with Gasteiger partial charge in [-0.05, 0) is 29.8 Å². The number of hydrogen-bond acceptors (Lipinski definition) is 5. The Morgan fingerprint density at radius 1 is 1.03 bits per heavy atom. The number of para-hydroxylation sites is 1. The molecule has 3 aromatic carbocycles. The van der Waals surface area contributed by atoms with Gasteiger partial charge in [-0.25, -0.2) is 0 Å². The van der Waals surface area contributed by atoms with E-state index in [0.717, 1.165) is 11.3 Å². The minimum Gasteiger partial charge on any atom is -0.496 e. The van der Waals surface area contributed by atoms with Crippen molar-refractivity contribution in [3.63, 3.8) is 0 Å². The minimum absolute atomic E-state index is 0.162. The molecule has 2 aliphatic heterocycles. The molecule has 0 radical (unpaired) electrons. The first-order valence-corrected chi connectivity index (χ1v) is 11.2. The Hall–Kier alpha value is -4.06. The summed E-state index contributed by atoms with van der Waals surface area (Å²) in [5.41, 5.74) is 1.24. The van der Waals surface area contributed by atoms with E-state index < -0.39 is 23.4 Å². The summed E-state index contributed by atoms with van der Waals surface area (Å²) in [6, 6.07) is 24.9. The number of ketones is 1. The number of Topliss-reactive ketones (excluding diaryl/α,β-unsaturated/α-hetero) is 1. The van der Waals surface area contributed by atoms with E-state index in [2.05, 4.69) is 12.1 Å². The number of anilines is 1. The van der Waals surface area contributed by atoms with Crippen molar-refractivity contribution in [2.45, 2.75) is 18.0 Å². The van der Waals surface area contributed by atoms with Crippen LogP contribution in [0.3, 0.4) is 0 Å². The van der Waals surface area contributed by atoms with Crippen molar-refractivity contribution in [1.82, 2.24) is 0 Å². The van der Waals surface area contributed by atoms with Crippen LogP contribution < -0.4 is 9.64 Å². The highest BCUT2D eigenvalue weighted by Crippen LogP contribution is 2.57. The first-order chi connectivity index (χ1) is 16.6. The van der Waals surface area contributed by atoms with E-state index in [9.17, 15) is 15.3 Å². The molecular weight excluding hydrogens is 446 g/mol. The predicted octanol–water partition coefficient (Wildman–Crippen LogP) is 5.63. The quantitative estimate of drug-likeness (QED) is 0.466. The molecule has 5 rings (SSSR count). The molecule has 2 heterocycles. The van der Waals surface area contributed by atoms with Crippen LogP contribution in [0.15, 0.2) is 78.9 Å². The number of benzene rings is 3. The van der Waals surface area contributed by atoms with Crippen LogP contribution in [-0.4, -0.2) is 25.0 Å². The van der Waals surface area contributed by atoms with E-state index in [0.29, 0.717) is 21.9 Å². The average Bonchev–Trinajstić information content (AvgIpc) is 3.19. The van der Waals surface area contributed by atoms with E-state index in [-0.39, 0.29) is 5.78 Å². The van der Waals surface area contributed by atoms with Crippen LogP contribution >= 0.6 is 11.6 Å². The van der Waals surface area contributed by atoms with Crippen molar-refractivity contribution in [2.75, 3.05) is 12.0 Å². The van der Waals surface area contributed by atoms with Crippen molar-refractivity contribution < 1.29 is 9.53 Å². The zero-order chi connectivity index (χ0) is 23.9. The number of ether oxygens (including phenoxy) is 1. The van der Waals surface area contributed by atoms with Crippen LogP contribution in [0.1, 0.15) is 27.4 Å². The van der Waals surface area contributed by atoms with E-state index >= 15 is 0 Å².